The van der Waals surface area contributed by atoms with Crippen LogP contribution in [0, 0.1) is 5.82 Å². The van der Waals surface area contributed by atoms with Crippen molar-refractivity contribution in [1.82, 2.24) is 4.98 Å². The van der Waals surface area contributed by atoms with Gasteiger partial charge in [0.05, 0.1) is 10.6 Å². The van der Waals surface area contributed by atoms with E-state index in [1.54, 1.807) is 12.3 Å². The van der Waals surface area contributed by atoms with Crippen LogP contribution in [0.1, 0.15) is 15.9 Å². The molecule has 2 rings (SSSR count). The molecule has 0 saturated carbocycles. The molecule has 0 saturated heterocycles. The van der Waals surface area contributed by atoms with Gasteiger partial charge in [0, 0.05) is 24.0 Å². The first-order valence-corrected chi connectivity index (χ1v) is 5.70. The number of aromatic carboxylic acids is 1. The average Bonchev–Trinajstić information content (AvgIpc) is 2.37. The number of carbonyl (C=O) groups is 1. The molecule has 1 N–H and O–H groups in total. The third-order valence-electron chi connectivity index (χ3n) is 2.42. The van der Waals surface area contributed by atoms with Crippen molar-refractivity contribution in [2.24, 2.45) is 0 Å². The van der Waals surface area contributed by atoms with Crippen molar-refractivity contribution in [1.29, 1.82) is 0 Å². The highest BCUT2D eigenvalue weighted by Gasteiger charge is 2.11. The van der Waals surface area contributed by atoms with Crippen LogP contribution in [-0.4, -0.2) is 16.1 Å². The van der Waals surface area contributed by atoms with Gasteiger partial charge >= 0.3 is 5.97 Å². The molecule has 1 aromatic heterocycles. The van der Waals surface area contributed by atoms with Crippen molar-refractivity contribution in [3.05, 3.63) is 58.6 Å². The monoisotopic (exact) mass is 281 g/mol. The van der Waals surface area contributed by atoms with Crippen LogP contribution in [0.15, 0.2) is 36.7 Å². The van der Waals surface area contributed by atoms with E-state index in [0.29, 0.717) is 10.6 Å². The molecule has 0 atom stereocenters. The SMILES string of the molecule is O=C(O)c1ccc(OCc2ccncc2Cl)cc1F. The first-order chi connectivity index (χ1) is 9.08. The molecule has 0 amide bonds. The van der Waals surface area contributed by atoms with Crippen LogP contribution in [0.25, 0.3) is 0 Å². The second kappa shape index (κ2) is 5.67. The molecule has 0 bridgehead atoms. The summed E-state index contributed by atoms with van der Waals surface area (Å²) in [6.07, 6.45) is 3.05. The number of carboxylic acid groups (broad SMARTS) is 1. The summed E-state index contributed by atoms with van der Waals surface area (Å²) in [6.45, 7) is 0.146. The van der Waals surface area contributed by atoms with E-state index < -0.39 is 17.3 Å². The Bertz CT molecular complexity index is 619. The van der Waals surface area contributed by atoms with E-state index in [2.05, 4.69) is 4.98 Å². The number of hydrogen-bond acceptors (Lipinski definition) is 3. The number of rotatable bonds is 4. The Kier molecular flexibility index (Phi) is 3.97. The second-order valence-corrected chi connectivity index (χ2v) is 4.11. The molecule has 0 aliphatic heterocycles. The smallest absolute Gasteiger partial charge is 0.338 e. The lowest BCUT2D eigenvalue weighted by Crippen LogP contribution is -2.02. The van der Waals surface area contributed by atoms with Gasteiger partial charge in [-0.2, -0.15) is 0 Å². The Balaban J connectivity index is 2.11. The third-order valence-corrected chi connectivity index (χ3v) is 2.76. The maximum Gasteiger partial charge on any atom is 0.338 e. The van der Waals surface area contributed by atoms with Crippen LogP contribution in [0.2, 0.25) is 5.02 Å². The molecule has 0 radical (unpaired) electrons. The van der Waals surface area contributed by atoms with Crippen molar-refractivity contribution in [3.8, 4) is 5.75 Å². The summed E-state index contributed by atoms with van der Waals surface area (Å²) >= 11 is 5.89. The molecule has 1 heterocycles. The summed E-state index contributed by atoms with van der Waals surface area (Å²) in [6, 6.07) is 5.26. The van der Waals surface area contributed by atoms with E-state index in [4.69, 9.17) is 21.4 Å². The highest BCUT2D eigenvalue weighted by molar-refractivity contribution is 6.31. The van der Waals surface area contributed by atoms with Crippen LogP contribution >= 0.6 is 11.6 Å². The van der Waals surface area contributed by atoms with Crippen LogP contribution in [0.4, 0.5) is 4.39 Å². The quantitative estimate of drug-likeness (QED) is 0.935. The Hall–Kier alpha value is -2.14. The average molecular weight is 282 g/mol. The predicted octanol–water partition coefficient (Wildman–Crippen LogP) is 3.15. The van der Waals surface area contributed by atoms with E-state index in [9.17, 15) is 9.18 Å². The molecule has 0 aliphatic rings. The highest BCUT2D eigenvalue weighted by Crippen LogP contribution is 2.20. The van der Waals surface area contributed by atoms with Gasteiger partial charge in [0.1, 0.15) is 18.2 Å². The molecule has 0 aliphatic carbocycles. The number of ether oxygens (including phenoxy) is 1. The van der Waals surface area contributed by atoms with E-state index in [0.717, 1.165) is 12.1 Å². The van der Waals surface area contributed by atoms with Gasteiger partial charge in [-0.05, 0) is 18.2 Å². The van der Waals surface area contributed by atoms with Crippen LogP contribution in [0.3, 0.4) is 0 Å². The number of benzene rings is 1. The summed E-state index contributed by atoms with van der Waals surface area (Å²) < 4.78 is 18.8. The van der Waals surface area contributed by atoms with Gasteiger partial charge in [0.2, 0.25) is 0 Å². The predicted molar refractivity (Wildman–Crippen MR) is 66.9 cm³/mol. The molecule has 19 heavy (non-hydrogen) atoms. The number of hydrogen-bond donors (Lipinski definition) is 1. The summed E-state index contributed by atoms with van der Waals surface area (Å²) in [7, 11) is 0. The molecule has 0 spiro atoms. The number of pyridine rings is 1. The van der Waals surface area contributed by atoms with E-state index in [1.807, 2.05) is 0 Å². The lowest BCUT2D eigenvalue weighted by atomic mass is 10.2. The number of aromatic nitrogens is 1. The minimum absolute atomic E-state index is 0.146. The van der Waals surface area contributed by atoms with Crippen molar-refractivity contribution in [3.63, 3.8) is 0 Å². The minimum Gasteiger partial charge on any atom is -0.489 e. The summed E-state index contributed by atoms with van der Waals surface area (Å²) in [5.74, 6) is -1.93. The van der Waals surface area contributed by atoms with Gasteiger partial charge in [0.15, 0.2) is 0 Å². The van der Waals surface area contributed by atoms with Crippen molar-refractivity contribution < 1.29 is 19.0 Å². The minimum atomic E-state index is -1.32. The zero-order chi connectivity index (χ0) is 13.8. The first kappa shape index (κ1) is 13.3. The van der Waals surface area contributed by atoms with Gasteiger partial charge < -0.3 is 9.84 Å². The van der Waals surface area contributed by atoms with Crippen LogP contribution in [-0.2, 0) is 6.61 Å². The van der Waals surface area contributed by atoms with Crippen molar-refractivity contribution in [2.75, 3.05) is 0 Å². The molecule has 1 aromatic carbocycles. The normalized spacial score (nSPS) is 10.2. The molecule has 98 valence electrons. The van der Waals surface area contributed by atoms with Gasteiger partial charge in [-0.25, -0.2) is 9.18 Å². The molecule has 0 unspecified atom stereocenters. The van der Waals surface area contributed by atoms with E-state index in [-0.39, 0.29) is 12.4 Å². The van der Waals surface area contributed by atoms with Crippen molar-refractivity contribution >= 4 is 17.6 Å². The maximum atomic E-state index is 13.4. The standard InChI is InChI=1S/C13H9ClFNO3/c14-11-6-16-4-3-8(11)7-19-9-1-2-10(13(17)18)12(15)5-9/h1-6H,7H2,(H,17,18). The summed E-state index contributed by atoms with van der Waals surface area (Å²) in [5, 5.41) is 9.14. The molecular formula is C13H9ClFNO3. The maximum absolute atomic E-state index is 13.4. The Morgan fingerprint density at radius 3 is 2.84 bits per heavy atom. The summed E-state index contributed by atoms with van der Waals surface area (Å²) in [4.78, 5) is 14.5. The Labute approximate surface area is 113 Å². The van der Waals surface area contributed by atoms with Gasteiger partial charge in [-0.1, -0.05) is 11.6 Å². The molecule has 6 heteroatoms. The molecule has 4 nitrogen and oxygen atoms in total. The zero-order valence-corrected chi connectivity index (χ0v) is 10.4. The topological polar surface area (TPSA) is 59.4 Å². The van der Waals surface area contributed by atoms with Gasteiger partial charge in [0.25, 0.3) is 0 Å². The Morgan fingerprint density at radius 2 is 2.21 bits per heavy atom. The third kappa shape index (κ3) is 3.20. The number of carboxylic acids is 1. The first-order valence-electron chi connectivity index (χ1n) is 5.32. The molecule has 2 aromatic rings. The second-order valence-electron chi connectivity index (χ2n) is 3.70. The highest BCUT2D eigenvalue weighted by atomic mass is 35.5. The van der Waals surface area contributed by atoms with Gasteiger partial charge in [-0.15, -0.1) is 0 Å². The lowest BCUT2D eigenvalue weighted by molar-refractivity contribution is 0.0692. The van der Waals surface area contributed by atoms with Gasteiger partial charge in [-0.3, -0.25) is 4.98 Å². The lowest BCUT2D eigenvalue weighted by Gasteiger charge is -2.08. The Morgan fingerprint density at radius 1 is 1.42 bits per heavy atom. The summed E-state index contributed by atoms with van der Waals surface area (Å²) in [5.41, 5.74) is 0.314. The fraction of sp³-hybridized carbons (Fsp3) is 0.0769. The fourth-order valence-electron chi connectivity index (χ4n) is 1.44. The zero-order valence-electron chi connectivity index (χ0n) is 9.64. The molecular weight excluding hydrogens is 273 g/mol. The van der Waals surface area contributed by atoms with Crippen LogP contribution in [0.5, 0.6) is 5.75 Å². The van der Waals surface area contributed by atoms with Crippen molar-refractivity contribution in [2.45, 2.75) is 6.61 Å². The van der Waals surface area contributed by atoms with Crippen LogP contribution < -0.4 is 4.74 Å². The largest absolute Gasteiger partial charge is 0.489 e. The number of halogens is 2. The van der Waals surface area contributed by atoms with E-state index in [1.165, 1.54) is 12.3 Å². The molecule has 0 fully saturated rings. The number of nitrogens with zero attached hydrogens (tertiary/aromatic N) is 1. The fourth-order valence-corrected chi connectivity index (χ4v) is 1.62. The van der Waals surface area contributed by atoms with E-state index >= 15 is 0 Å².